The fraction of sp³-hybridized carbons (Fsp3) is 0.667. The Bertz CT molecular complexity index is 663. The minimum absolute atomic E-state index is 0.00317. The van der Waals surface area contributed by atoms with Gasteiger partial charge in [-0.3, -0.25) is 0 Å². The van der Waals surface area contributed by atoms with E-state index in [1.165, 1.54) is 38.5 Å². The fourth-order valence-electron chi connectivity index (χ4n) is 5.75. The molecular formula is C18H24ClNO2S. The predicted molar refractivity (Wildman–Crippen MR) is 91.8 cm³/mol. The van der Waals surface area contributed by atoms with Gasteiger partial charge in [-0.05, 0) is 92.9 Å². The van der Waals surface area contributed by atoms with Crippen molar-refractivity contribution in [2.45, 2.75) is 56.4 Å². The largest absolute Gasteiger partial charge is 0.240 e. The maximum atomic E-state index is 12.7. The molecule has 5 rings (SSSR count). The molecule has 1 atom stereocenters. The van der Waals surface area contributed by atoms with Crippen LogP contribution in [0.2, 0.25) is 5.02 Å². The number of sulfonamides is 1. The van der Waals surface area contributed by atoms with Gasteiger partial charge in [-0.25, -0.2) is 13.1 Å². The van der Waals surface area contributed by atoms with Gasteiger partial charge in [0.15, 0.2) is 0 Å². The van der Waals surface area contributed by atoms with Gasteiger partial charge in [-0.2, -0.15) is 0 Å². The summed E-state index contributed by atoms with van der Waals surface area (Å²) in [5.74, 6) is 2.47. The highest BCUT2D eigenvalue weighted by atomic mass is 35.5. The SMILES string of the molecule is C[C@H](NS(=O)(=O)c1ccc(Cl)cc1)C12CC3CC(CC(C3)C1)C2. The summed E-state index contributed by atoms with van der Waals surface area (Å²) >= 11 is 5.86. The van der Waals surface area contributed by atoms with Gasteiger partial charge in [0.25, 0.3) is 0 Å². The van der Waals surface area contributed by atoms with E-state index in [0.717, 1.165) is 17.8 Å². The fourth-order valence-corrected chi connectivity index (χ4v) is 7.22. The van der Waals surface area contributed by atoms with E-state index in [1.54, 1.807) is 24.3 Å². The molecule has 0 aliphatic heterocycles. The third kappa shape index (κ3) is 2.83. The highest BCUT2D eigenvalue weighted by Crippen LogP contribution is 2.61. The van der Waals surface area contributed by atoms with E-state index in [0.29, 0.717) is 9.92 Å². The second-order valence-corrected chi connectivity index (χ2v) is 10.2. The molecule has 1 aromatic rings. The van der Waals surface area contributed by atoms with Crippen molar-refractivity contribution in [2.75, 3.05) is 0 Å². The Balaban J connectivity index is 1.55. The van der Waals surface area contributed by atoms with Crippen LogP contribution in [0.1, 0.15) is 45.4 Å². The van der Waals surface area contributed by atoms with Crippen LogP contribution in [0.4, 0.5) is 0 Å². The molecule has 4 aliphatic carbocycles. The molecule has 3 nitrogen and oxygen atoms in total. The summed E-state index contributed by atoms with van der Waals surface area (Å²) in [5, 5.41) is 0.554. The standard InChI is InChI=1S/C18H24ClNO2S/c1-12(20-23(21,22)17-4-2-16(19)3-5-17)18-9-13-6-14(10-18)8-15(7-13)11-18/h2-5,12-15,20H,6-11H2,1H3/t12-,13?,14?,15?,18?/m0/s1. The van der Waals surface area contributed by atoms with E-state index >= 15 is 0 Å². The van der Waals surface area contributed by atoms with Gasteiger partial charge in [0.05, 0.1) is 4.90 Å². The van der Waals surface area contributed by atoms with Crippen molar-refractivity contribution >= 4 is 21.6 Å². The Morgan fingerprint density at radius 1 is 1.04 bits per heavy atom. The normalized spacial score (nSPS) is 37.0. The summed E-state index contributed by atoms with van der Waals surface area (Å²) in [5.41, 5.74) is 0.175. The van der Waals surface area contributed by atoms with Crippen LogP contribution in [0.25, 0.3) is 0 Å². The monoisotopic (exact) mass is 353 g/mol. The molecule has 126 valence electrons. The molecule has 4 fully saturated rings. The summed E-state index contributed by atoms with van der Waals surface area (Å²) in [7, 11) is -3.48. The second-order valence-electron chi connectivity index (χ2n) is 8.08. The van der Waals surface area contributed by atoms with Crippen molar-refractivity contribution in [1.29, 1.82) is 0 Å². The zero-order valence-corrected chi connectivity index (χ0v) is 15.0. The lowest BCUT2D eigenvalue weighted by Gasteiger charge is -2.59. The van der Waals surface area contributed by atoms with Gasteiger partial charge in [0.1, 0.15) is 0 Å². The van der Waals surface area contributed by atoms with Gasteiger partial charge < -0.3 is 0 Å². The van der Waals surface area contributed by atoms with Crippen molar-refractivity contribution in [3.63, 3.8) is 0 Å². The Labute approximate surface area is 143 Å². The minimum atomic E-state index is -3.48. The van der Waals surface area contributed by atoms with Crippen LogP contribution in [-0.2, 0) is 10.0 Å². The molecule has 4 aliphatic rings. The van der Waals surface area contributed by atoms with Gasteiger partial charge in [0, 0.05) is 11.1 Å². The number of nitrogens with one attached hydrogen (secondary N) is 1. The first-order valence-electron chi connectivity index (χ1n) is 8.64. The zero-order valence-electron chi connectivity index (χ0n) is 13.5. The van der Waals surface area contributed by atoms with Crippen molar-refractivity contribution in [3.05, 3.63) is 29.3 Å². The molecule has 4 bridgehead atoms. The van der Waals surface area contributed by atoms with Crippen LogP contribution < -0.4 is 4.72 Å². The first-order valence-corrected chi connectivity index (χ1v) is 10.5. The Morgan fingerprint density at radius 3 is 2.00 bits per heavy atom. The summed E-state index contributed by atoms with van der Waals surface area (Å²) in [6.45, 7) is 2.07. The smallest absolute Gasteiger partial charge is 0.208 e. The van der Waals surface area contributed by atoms with Crippen LogP contribution in [0, 0.1) is 23.2 Å². The summed E-state index contributed by atoms with van der Waals surface area (Å²) in [6.07, 6.45) is 7.71. The maximum absolute atomic E-state index is 12.7. The summed E-state index contributed by atoms with van der Waals surface area (Å²) in [6, 6.07) is 6.42. The Kier molecular flexibility index (Phi) is 3.78. The van der Waals surface area contributed by atoms with E-state index in [4.69, 9.17) is 11.6 Å². The minimum Gasteiger partial charge on any atom is -0.208 e. The lowest BCUT2D eigenvalue weighted by Crippen LogP contribution is -2.55. The van der Waals surface area contributed by atoms with Crippen LogP contribution in [0.3, 0.4) is 0 Å². The van der Waals surface area contributed by atoms with Crippen molar-refractivity contribution < 1.29 is 8.42 Å². The molecule has 0 amide bonds. The van der Waals surface area contributed by atoms with Crippen LogP contribution in [0.15, 0.2) is 29.2 Å². The second kappa shape index (κ2) is 5.47. The molecule has 1 aromatic carbocycles. The third-order valence-corrected chi connectivity index (χ3v) is 8.27. The summed E-state index contributed by atoms with van der Waals surface area (Å²) < 4.78 is 28.4. The van der Waals surface area contributed by atoms with E-state index in [1.807, 2.05) is 0 Å². The number of rotatable bonds is 4. The average Bonchev–Trinajstić information content (AvgIpc) is 2.45. The number of hydrogen-bond acceptors (Lipinski definition) is 2. The van der Waals surface area contributed by atoms with E-state index in [-0.39, 0.29) is 11.5 Å². The molecule has 5 heteroatoms. The molecule has 0 spiro atoms. The molecule has 1 N–H and O–H groups in total. The topological polar surface area (TPSA) is 46.2 Å². The van der Waals surface area contributed by atoms with Crippen molar-refractivity contribution in [1.82, 2.24) is 4.72 Å². The number of hydrogen-bond donors (Lipinski definition) is 1. The molecule has 4 saturated carbocycles. The van der Waals surface area contributed by atoms with Gasteiger partial charge in [-0.1, -0.05) is 11.6 Å². The van der Waals surface area contributed by atoms with Crippen molar-refractivity contribution in [3.8, 4) is 0 Å². The number of halogens is 1. The molecular weight excluding hydrogens is 330 g/mol. The third-order valence-electron chi connectivity index (χ3n) is 6.46. The molecule has 0 radical (unpaired) electrons. The first-order chi connectivity index (χ1) is 10.9. The molecule has 0 heterocycles. The van der Waals surface area contributed by atoms with Gasteiger partial charge >= 0.3 is 0 Å². The highest BCUT2D eigenvalue weighted by molar-refractivity contribution is 7.89. The lowest BCUT2D eigenvalue weighted by atomic mass is 9.48. The van der Waals surface area contributed by atoms with Gasteiger partial charge in [0.2, 0.25) is 10.0 Å². The average molecular weight is 354 g/mol. The maximum Gasteiger partial charge on any atom is 0.240 e. The quantitative estimate of drug-likeness (QED) is 0.880. The highest BCUT2D eigenvalue weighted by Gasteiger charge is 2.53. The van der Waals surface area contributed by atoms with Gasteiger partial charge in [-0.15, -0.1) is 0 Å². The predicted octanol–water partition coefficient (Wildman–Crippen LogP) is 4.22. The van der Waals surface area contributed by atoms with Crippen molar-refractivity contribution in [2.24, 2.45) is 23.2 Å². The Hall–Kier alpha value is -0.580. The van der Waals surface area contributed by atoms with E-state index < -0.39 is 10.0 Å². The van der Waals surface area contributed by atoms with Crippen LogP contribution in [0.5, 0.6) is 0 Å². The molecule has 0 unspecified atom stereocenters. The lowest BCUT2D eigenvalue weighted by molar-refractivity contribution is -0.0666. The molecule has 0 saturated heterocycles. The molecule has 23 heavy (non-hydrogen) atoms. The van der Waals surface area contributed by atoms with Crippen LogP contribution >= 0.6 is 11.6 Å². The first kappa shape index (κ1) is 15.9. The zero-order chi connectivity index (χ0) is 16.2. The number of benzene rings is 1. The Morgan fingerprint density at radius 2 is 1.52 bits per heavy atom. The van der Waals surface area contributed by atoms with E-state index in [2.05, 4.69) is 11.6 Å². The summed E-state index contributed by atoms with van der Waals surface area (Å²) in [4.78, 5) is 0.304. The van der Waals surface area contributed by atoms with Crippen LogP contribution in [-0.4, -0.2) is 14.5 Å². The van der Waals surface area contributed by atoms with E-state index in [9.17, 15) is 8.42 Å². The molecule has 0 aromatic heterocycles.